The van der Waals surface area contributed by atoms with Crippen LogP contribution in [0, 0.1) is 17.1 Å². The molecule has 3 aromatic carbocycles. The molecule has 0 aliphatic carbocycles. The molecule has 2 amide bonds. The number of nitriles is 1. The van der Waals surface area contributed by atoms with Crippen molar-refractivity contribution in [3.05, 3.63) is 100 Å². The molecule has 5 nitrogen and oxygen atoms in total. The minimum atomic E-state index is -0.630. The standard InChI is InChI=1S/C23H15ClFN3O2/c24-21-7-2-1-6-20(21)23(30)28-19-5-3-4-15(13-19)12-16(14-26)22(29)27-18-10-8-17(25)9-11-18/h1-13H,(H,27,29)(H,28,30)/b16-12+. The molecule has 0 saturated carbocycles. The largest absolute Gasteiger partial charge is 0.322 e. The van der Waals surface area contributed by atoms with Gasteiger partial charge in [-0.05, 0) is 60.2 Å². The van der Waals surface area contributed by atoms with Gasteiger partial charge in [-0.2, -0.15) is 5.26 Å². The van der Waals surface area contributed by atoms with E-state index in [4.69, 9.17) is 11.6 Å². The molecule has 3 rings (SSSR count). The van der Waals surface area contributed by atoms with Gasteiger partial charge in [-0.25, -0.2) is 4.39 Å². The maximum Gasteiger partial charge on any atom is 0.266 e. The first kappa shape index (κ1) is 20.8. The highest BCUT2D eigenvalue weighted by Gasteiger charge is 2.12. The van der Waals surface area contributed by atoms with Gasteiger partial charge in [0.2, 0.25) is 0 Å². The predicted molar refractivity (Wildman–Crippen MR) is 114 cm³/mol. The lowest BCUT2D eigenvalue weighted by atomic mass is 10.1. The third-order valence-electron chi connectivity index (χ3n) is 4.04. The summed E-state index contributed by atoms with van der Waals surface area (Å²) >= 11 is 6.04. The normalized spacial score (nSPS) is 10.8. The summed E-state index contributed by atoms with van der Waals surface area (Å²) in [4.78, 5) is 24.7. The van der Waals surface area contributed by atoms with Gasteiger partial charge in [-0.1, -0.05) is 35.9 Å². The second-order valence-electron chi connectivity index (χ2n) is 6.19. The quantitative estimate of drug-likeness (QED) is 0.436. The third kappa shape index (κ3) is 5.31. The zero-order valence-electron chi connectivity index (χ0n) is 15.5. The Morgan fingerprint density at radius 3 is 2.37 bits per heavy atom. The van der Waals surface area contributed by atoms with Crippen LogP contribution in [0.5, 0.6) is 0 Å². The lowest BCUT2D eigenvalue weighted by Gasteiger charge is -2.08. The van der Waals surface area contributed by atoms with Gasteiger partial charge in [0.15, 0.2) is 0 Å². The van der Waals surface area contributed by atoms with Crippen molar-refractivity contribution in [1.29, 1.82) is 5.26 Å². The zero-order valence-corrected chi connectivity index (χ0v) is 16.3. The third-order valence-corrected chi connectivity index (χ3v) is 4.37. The van der Waals surface area contributed by atoms with Crippen molar-refractivity contribution in [3.63, 3.8) is 0 Å². The fraction of sp³-hybridized carbons (Fsp3) is 0. The van der Waals surface area contributed by atoms with E-state index < -0.39 is 11.7 Å². The van der Waals surface area contributed by atoms with Gasteiger partial charge in [0.1, 0.15) is 17.5 Å². The highest BCUT2D eigenvalue weighted by molar-refractivity contribution is 6.34. The molecule has 30 heavy (non-hydrogen) atoms. The summed E-state index contributed by atoms with van der Waals surface area (Å²) < 4.78 is 13.0. The summed E-state index contributed by atoms with van der Waals surface area (Å²) in [6.45, 7) is 0. The second kappa shape index (κ2) is 9.50. The number of carbonyl (C=O) groups excluding carboxylic acids is 2. The number of hydrogen-bond donors (Lipinski definition) is 2. The Bertz CT molecular complexity index is 1170. The first-order valence-corrected chi connectivity index (χ1v) is 9.19. The first-order chi connectivity index (χ1) is 14.5. The van der Waals surface area contributed by atoms with Crippen LogP contribution in [0.25, 0.3) is 6.08 Å². The predicted octanol–water partition coefficient (Wildman–Crippen LogP) is 5.28. The van der Waals surface area contributed by atoms with Crippen molar-refractivity contribution in [2.24, 2.45) is 0 Å². The number of halogens is 2. The van der Waals surface area contributed by atoms with E-state index in [1.807, 2.05) is 6.07 Å². The second-order valence-corrected chi connectivity index (χ2v) is 6.60. The molecule has 7 heteroatoms. The van der Waals surface area contributed by atoms with Crippen molar-refractivity contribution in [2.45, 2.75) is 0 Å². The van der Waals surface area contributed by atoms with Gasteiger partial charge in [0, 0.05) is 11.4 Å². The van der Waals surface area contributed by atoms with Gasteiger partial charge >= 0.3 is 0 Å². The van der Waals surface area contributed by atoms with E-state index in [0.717, 1.165) is 0 Å². The molecular weight excluding hydrogens is 405 g/mol. The fourth-order valence-corrected chi connectivity index (χ4v) is 2.82. The van der Waals surface area contributed by atoms with Crippen LogP contribution in [-0.4, -0.2) is 11.8 Å². The monoisotopic (exact) mass is 419 g/mol. The average molecular weight is 420 g/mol. The molecule has 0 bridgehead atoms. The molecule has 0 unspecified atom stereocenters. The van der Waals surface area contributed by atoms with E-state index in [1.165, 1.54) is 30.3 Å². The highest BCUT2D eigenvalue weighted by Crippen LogP contribution is 2.19. The van der Waals surface area contributed by atoms with Crippen molar-refractivity contribution in [3.8, 4) is 6.07 Å². The Morgan fingerprint density at radius 1 is 0.933 bits per heavy atom. The summed E-state index contributed by atoms with van der Waals surface area (Å²) in [6.07, 6.45) is 1.39. The number of rotatable bonds is 5. The van der Waals surface area contributed by atoms with Crippen molar-refractivity contribution in [1.82, 2.24) is 0 Å². The SMILES string of the molecule is N#C/C(=C\c1cccc(NC(=O)c2ccccc2Cl)c1)C(=O)Nc1ccc(F)cc1. The lowest BCUT2D eigenvalue weighted by Crippen LogP contribution is -2.13. The lowest BCUT2D eigenvalue weighted by molar-refractivity contribution is -0.112. The van der Waals surface area contributed by atoms with E-state index in [0.29, 0.717) is 27.5 Å². The van der Waals surface area contributed by atoms with E-state index in [2.05, 4.69) is 10.6 Å². The zero-order chi connectivity index (χ0) is 21.5. The van der Waals surface area contributed by atoms with E-state index >= 15 is 0 Å². The Hall–Kier alpha value is -3.95. The van der Waals surface area contributed by atoms with Gasteiger partial charge in [-0.3, -0.25) is 9.59 Å². The number of anilines is 2. The Kier molecular flexibility index (Phi) is 6.58. The Balaban J connectivity index is 1.76. The minimum Gasteiger partial charge on any atom is -0.322 e. The number of carbonyl (C=O) groups is 2. The number of nitrogens with zero attached hydrogens (tertiary/aromatic N) is 1. The van der Waals surface area contributed by atoms with E-state index in [-0.39, 0.29) is 11.5 Å². The molecule has 3 aromatic rings. The molecule has 2 N–H and O–H groups in total. The summed E-state index contributed by atoms with van der Waals surface area (Å²) in [5.74, 6) is -1.44. The number of benzene rings is 3. The van der Waals surface area contributed by atoms with Crippen LogP contribution < -0.4 is 10.6 Å². The first-order valence-electron chi connectivity index (χ1n) is 8.81. The van der Waals surface area contributed by atoms with E-state index in [1.54, 1.807) is 48.5 Å². The maximum atomic E-state index is 13.0. The van der Waals surface area contributed by atoms with Crippen molar-refractivity contribution < 1.29 is 14.0 Å². The summed E-state index contributed by atoms with van der Waals surface area (Å²) in [6, 6.07) is 20.4. The molecule has 0 radical (unpaired) electrons. The Morgan fingerprint density at radius 2 is 1.67 bits per heavy atom. The number of nitrogens with one attached hydrogen (secondary N) is 2. The van der Waals surface area contributed by atoms with Crippen LogP contribution in [0.15, 0.2) is 78.4 Å². The molecule has 148 valence electrons. The van der Waals surface area contributed by atoms with E-state index in [9.17, 15) is 19.2 Å². The summed E-state index contributed by atoms with van der Waals surface area (Å²) in [5.41, 5.74) is 1.57. The number of amides is 2. The number of hydrogen-bond acceptors (Lipinski definition) is 3. The van der Waals surface area contributed by atoms with Gasteiger partial charge in [0.25, 0.3) is 11.8 Å². The van der Waals surface area contributed by atoms with Crippen LogP contribution in [0.1, 0.15) is 15.9 Å². The highest BCUT2D eigenvalue weighted by atomic mass is 35.5. The van der Waals surface area contributed by atoms with Crippen LogP contribution in [0.4, 0.5) is 15.8 Å². The topological polar surface area (TPSA) is 82.0 Å². The van der Waals surface area contributed by atoms with Crippen LogP contribution in [-0.2, 0) is 4.79 Å². The van der Waals surface area contributed by atoms with Crippen LogP contribution >= 0.6 is 11.6 Å². The van der Waals surface area contributed by atoms with Crippen LogP contribution in [0.2, 0.25) is 5.02 Å². The molecule has 0 saturated heterocycles. The molecule has 0 fully saturated rings. The fourth-order valence-electron chi connectivity index (χ4n) is 2.60. The Labute approximate surface area is 177 Å². The average Bonchev–Trinajstić information content (AvgIpc) is 2.74. The molecular formula is C23H15ClFN3O2. The molecule has 0 heterocycles. The van der Waals surface area contributed by atoms with Crippen molar-refractivity contribution in [2.75, 3.05) is 10.6 Å². The smallest absolute Gasteiger partial charge is 0.266 e. The molecule has 0 aliphatic heterocycles. The summed E-state index contributed by atoms with van der Waals surface area (Å²) in [7, 11) is 0. The molecule has 0 atom stereocenters. The van der Waals surface area contributed by atoms with Gasteiger partial charge in [0.05, 0.1) is 10.6 Å². The van der Waals surface area contributed by atoms with Crippen LogP contribution in [0.3, 0.4) is 0 Å². The molecule has 0 aliphatic rings. The minimum absolute atomic E-state index is 0.145. The van der Waals surface area contributed by atoms with Crippen molar-refractivity contribution >= 4 is 40.9 Å². The summed E-state index contributed by atoms with van der Waals surface area (Å²) in [5, 5.41) is 14.9. The van der Waals surface area contributed by atoms with Gasteiger partial charge < -0.3 is 10.6 Å². The molecule has 0 spiro atoms. The maximum absolute atomic E-state index is 13.0. The molecule has 0 aromatic heterocycles. The van der Waals surface area contributed by atoms with Gasteiger partial charge in [-0.15, -0.1) is 0 Å².